The highest BCUT2D eigenvalue weighted by molar-refractivity contribution is 5.72. The van der Waals surface area contributed by atoms with Crippen molar-refractivity contribution in [3.05, 3.63) is 22.2 Å². The lowest BCUT2D eigenvalue weighted by atomic mass is 10.3. The Morgan fingerprint density at radius 2 is 2.18 bits per heavy atom. The maximum absolute atomic E-state index is 10.2. The Morgan fingerprint density at radius 1 is 1.45 bits per heavy atom. The number of phenols is 1. The molecule has 1 heterocycles. The first-order valence-corrected chi connectivity index (χ1v) is 2.88. The number of phenolic OH excluding ortho intramolecular Hbond substituents is 1. The molecule has 0 saturated heterocycles. The summed E-state index contributed by atoms with van der Waals surface area (Å²) >= 11 is 0. The van der Waals surface area contributed by atoms with Gasteiger partial charge in [-0.3, -0.25) is 10.1 Å². The van der Waals surface area contributed by atoms with Gasteiger partial charge in [-0.15, -0.1) is 0 Å². The van der Waals surface area contributed by atoms with Crippen molar-refractivity contribution < 1.29 is 14.8 Å². The van der Waals surface area contributed by atoms with Crippen molar-refractivity contribution in [2.24, 2.45) is 0 Å². The fraction of sp³-hybridized carbons (Fsp3) is 0. The average Bonchev–Trinajstić information content (AvgIpc) is 2.66. The number of rotatable bonds is 1. The van der Waals surface area contributed by atoms with Crippen LogP contribution in [-0.2, 0) is 0 Å². The molecule has 0 aromatic heterocycles. The van der Waals surface area contributed by atoms with Gasteiger partial charge >= 0.3 is 5.69 Å². The van der Waals surface area contributed by atoms with Crippen LogP contribution in [-0.4, -0.2) is 10.0 Å². The zero-order valence-corrected chi connectivity index (χ0v) is 5.27. The number of nitro benzene ring substituents is 1. The molecule has 0 atom stereocenters. The molecule has 56 valence electrons. The van der Waals surface area contributed by atoms with Crippen molar-refractivity contribution in [3.63, 3.8) is 0 Å². The summed E-state index contributed by atoms with van der Waals surface area (Å²) in [6, 6.07) is 2.45. The molecule has 5 nitrogen and oxygen atoms in total. The van der Waals surface area contributed by atoms with E-state index in [-0.39, 0.29) is 22.9 Å². The number of ether oxygens (including phenoxy) is 1. The van der Waals surface area contributed by atoms with Crippen molar-refractivity contribution >= 4 is 5.69 Å². The fourth-order valence-corrected chi connectivity index (χ4v) is 0.867. The summed E-state index contributed by atoms with van der Waals surface area (Å²) in [4.78, 5) is 9.66. The Kier molecular flexibility index (Phi) is 0.883. The number of nitro groups is 1. The largest absolute Gasteiger partial charge is 0.504 e. The number of benzene rings is 1. The van der Waals surface area contributed by atoms with Crippen LogP contribution in [0.4, 0.5) is 5.69 Å². The maximum atomic E-state index is 10.2. The zero-order valence-electron chi connectivity index (χ0n) is 5.27. The fourth-order valence-electron chi connectivity index (χ4n) is 0.867. The third-order valence-electron chi connectivity index (χ3n) is 1.43. The van der Waals surface area contributed by atoms with E-state index in [1.807, 2.05) is 0 Å². The summed E-state index contributed by atoms with van der Waals surface area (Å²) in [5.41, 5.74) is -0.0993. The van der Waals surface area contributed by atoms with Crippen molar-refractivity contribution in [1.82, 2.24) is 0 Å². The molecule has 1 aliphatic heterocycles. The first kappa shape index (κ1) is 5.96. The molecule has 0 unspecified atom stereocenters. The van der Waals surface area contributed by atoms with E-state index in [9.17, 15) is 10.1 Å². The smallest absolute Gasteiger partial charge is 0.315 e. The van der Waals surface area contributed by atoms with E-state index < -0.39 is 4.92 Å². The van der Waals surface area contributed by atoms with Gasteiger partial charge in [-0.2, -0.15) is 0 Å². The molecule has 0 spiro atoms. The van der Waals surface area contributed by atoms with Gasteiger partial charge in [0.2, 0.25) is 5.75 Å². The summed E-state index contributed by atoms with van der Waals surface area (Å²) in [5.74, 6) is 0.347. The first-order chi connectivity index (χ1) is 5.20. The SMILES string of the molecule is O=[N+]([O-])c1ccc(O)c2c1O2. The molecule has 0 aliphatic carbocycles. The minimum Gasteiger partial charge on any atom is -0.504 e. The van der Waals surface area contributed by atoms with Crippen molar-refractivity contribution in [1.29, 1.82) is 0 Å². The van der Waals surface area contributed by atoms with Crippen LogP contribution >= 0.6 is 0 Å². The minimum absolute atomic E-state index is 0.0504. The highest BCUT2D eigenvalue weighted by Crippen LogP contribution is 2.57. The summed E-state index contributed by atoms with van der Waals surface area (Å²) in [5, 5.41) is 19.1. The van der Waals surface area contributed by atoms with E-state index in [1.165, 1.54) is 12.1 Å². The predicted molar refractivity (Wildman–Crippen MR) is 34.8 cm³/mol. The van der Waals surface area contributed by atoms with E-state index in [0.29, 0.717) is 0 Å². The Hall–Kier alpha value is -1.78. The molecule has 0 radical (unpaired) electrons. The number of fused-ring (bicyclic) bond motifs is 1. The number of nitrogens with zero attached hydrogens (tertiary/aromatic N) is 1. The summed E-state index contributed by atoms with van der Waals surface area (Å²) in [7, 11) is 0. The normalized spacial score (nSPS) is 11.6. The molecule has 1 aromatic rings. The molecule has 0 bridgehead atoms. The molecule has 1 aromatic carbocycles. The van der Waals surface area contributed by atoms with Gasteiger partial charge in [-0.1, -0.05) is 0 Å². The maximum Gasteiger partial charge on any atom is 0.315 e. The first-order valence-electron chi connectivity index (χ1n) is 2.88. The Morgan fingerprint density at radius 3 is 2.82 bits per heavy atom. The minimum atomic E-state index is -0.550. The van der Waals surface area contributed by atoms with Gasteiger partial charge in [0, 0.05) is 6.07 Å². The molecule has 0 saturated carbocycles. The molecular formula is C6H3NO4. The number of hydrogen-bond acceptors (Lipinski definition) is 4. The van der Waals surface area contributed by atoms with Crippen LogP contribution in [0.25, 0.3) is 0 Å². The topological polar surface area (TPSA) is 75.9 Å². The lowest BCUT2D eigenvalue weighted by Gasteiger charge is -1.84. The third-order valence-corrected chi connectivity index (χ3v) is 1.43. The van der Waals surface area contributed by atoms with E-state index in [1.54, 1.807) is 0 Å². The van der Waals surface area contributed by atoms with E-state index in [0.717, 1.165) is 0 Å². The van der Waals surface area contributed by atoms with Crippen LogP contribution in [0.3, 0.4) is 0 Å². The lowest BCUT2D eigenvalue weighted by molar-refractivity contribution is -0.384. The van der Waals surface area contributed by atoms with Crippen LogP contribution in [0.2, 0.25) is 0 Å². The summed E-state index contributed by atoms with van der Waals surface area (Å²) in [6.07, 6.45) is 0. The Balaban J connectivity index is 2.57. The van der Waals surface area contributed by atoms with Crippen molar-refractivity contribution in [2.45, 2.75) is 0 Å². The average molecular weight is 153 g/mol. The molecule has 0 amide bonds. The van der Waals surface area contributed by atoms with E-state index >= 15 is 0 Å². The van der Waals surface area contributed by atoms with Crippen LogP contribution in [0, 0.1) is 10.1 Å². The van der Waals surface area contributed by atoms with Gasteiger partial charge in [0.25, 0.3) is 5.75 Å². The second kappa shape index (κ2) is 1.63. The van der Waals surface area contributed by atoms with E-state index in [2.05, 4.69) is 4.74 Å². The van der Waals surface area contributed by atoms with Gasteiger partial charge in [0.1, 0.15) is 0 Å². The Bertz CT molecular complexity index is 347. The van der Waals surface area contributed by atoms with Crippen molar-refractivity contribution in [2.75, 3.05) is 0 Å². The standard InChI is InChI=1S/C6H3NO4/c8-4-2-1-3(7(9)10)5-6(4)11-5/h1-2,8H. The number of hydrogen-bond donors (Lipinski definition) is 1. The van der Waals surface area contributed by atoms with Gasteiger partial charge in [-0.05, 0) is 6.07 Å². The molecule has 11 heavy (non-hydrogen) atoms. The quantitative estimate of drug-likeness (QED) is 0.381. The highest BCUT2D eigenvalue weighted by atomic mass is 16.6. The molecule has 1 N–H and O–H groups in total. The van der Waals surface area contributed by atoms with Crippen LogP contribution in [0.1, 0.15) is 0 Å². The summed E-state index contributed by atoms with van der Waals surface area (Å²) in [6.45, 7) is 0. The second-order valence-corrected chi connectivity index (χ2v) is 2.12. The molecule has 1 aliphatic rings. The van der Waals surface area contributed by atoms with Gasteiger partial charge in [-0.25, -0.2) is 0 Å². The van der Waals surface area contributed by atoms with Crippen molar-refractivity contribution in [3.8, 4) is 17.2 Å². The van der Waals surface area contributed by atoms with Gasteiger partial charge in [0.15, 0.2) is 5.75 Å². The molecule has 5 heteroatoms. The van der Waals surface area contributed by atoms with Gasteiger partial charge < -0.3 is 9.84 Å². The van der Waals surface area contributed by atoms with Crippen LogP contribution in [0.15, 0.2) is 12.1 Å². The lowest BCUT2D eigenvalue weighted by Crippen LogP contribution is -1.83. The number of aromatic hydroxyl groups is 1. The van der Waals surface area contributed by atoms with Crippen LogP contribution < -0.4 is 4.74 Å². The predicted octanol–water partition coefficient (Wildman–Crippen LogP) is 1.41. The Labute approximate surface area is 61.0 Å². The highest BCUT2D eigenvalue weighted by Gasteiger charge is 2.35. The zero-order chi connectivity index (χ0) is 8.01. The van der Waals surface area contributed by atoms with Crippen LogP contribution in [0.5, 0.6) is 17.2 Å². The van der Waals surface area contributed by atoms with Gasteiger partial charge in [0.05, 0.1) is 4.92 Å². The molecule has 0 fully saturated rings. The third kappa shape index (κ3) is 0.706. The summed E-state index contributed by atoms with van der Waals surface area (Å²) < 4.78 is 4.67. The second-order valence-electron chi connectivity index (χ2n) is 2.12. The van der Waals surface area contributed by atoms with E-state index in [4.69, 9.17) is 5.11 Å². The monoisotopic (exact) mass is 153 g/mol. The molecule has 2 rings (SSSR count). The molecular weight excluding hydrogens is 150 g/mol.